The van der Waals surface area contributed by atoms with Gasteiger partial charge in [0.1, 0.15) is 47.0 Å². The molecule has 2 aromatic rings. The number of benzene rings is 2. The van der Waals surface area contributed by atoms with Crippen molar-refractivity contribution in [1.29, 1.82) is 0 Å². The first-order chi connectivity index (χ1) is 37.9. The van der Waals surface area contributed by atoms with Gasteiger partial charge in [0.2, 0.25) is 11.8 Å². The van der Waals surface area contributed by atoms with Crippen molar-refractivity contribution in [2.75, 3.05) is 65.1 Å². The highest BCUT2D eigenvalue weighted by Crippen LogP contribution is 2.41. The number of alkyl carbamates (subject to hydrolysis) is 2. The Morgan fingerprint density at radius 3 is 1.84 bits per heavy atom. The number of sulfone groups is 1. The molecule has 1 aliphatic heterocycles. The van der Waals surface area contributed by atoms with Gasteiger partial charge in [0.15, 0.2) is 15.6 Å². The first kappa shape index (κ1) is 69.2. The second-order valence-electron chi connectivity index (χ2n) is 23.9. The number of amides is 5. The Morgan fingerprint density at radius 2 is 1.26 bits per heavy atom. The van der Waals surface area contributed by atoms with Crippen molar-refractivity contribution in [2.45, 2.75) is 189 Å². The van der Waals surface area contributed by atoms with E-state index in [2.05, 4.69) is 22.9 Å². The molecule has 21 heteroatoms. The number of methoxy groups -OCH3 is 1. The summed E-state index contributed by atoms with van der Waals surface area (Å²) in [4.78, 5) is 99.1. The molecule has 2 aromatic carbocycles. The summed E-state index contributed by atoms with van der Waals surface area (Å²) in [5.74, 6) is -5.62. The lowest BCUT2D eigenvalue weighted by molar-refractivity contribution is -0.146. The average Bonchev–Trinajstić information content (AvgIpc) is 3.36. The van der Waals surface area contributed by atoms with Gasteiger partial charge in [-0.1, -0.05) is 77.8 Å². The minimum atomic E-state index is -4.18. The van der Waals surface area contributed by atoms with Crippen molar-refractivity contribution < 1.29 is 70.4 Å². The number of likely N-dealkylation sites (N-methyl/N-ethyl adjacent to an activating group) is 1. The number of rotatable bonds is 27. The largest absolute Gasteiger partial charge is 0.493 e. The lowest BCUT2D eigenvalue weighted by atomic mass is 9.89. The predicted molar refractivity (Wildman–Crippen MR) is 311 cm³/mol. The molecule has 1 aliphatic rings. The smallest absolute Gasteiger partial charge is 0.410 e. The van der Waals surface area contributed by atoms with Gasteiger partial charge in [-0.2, -0.15) is 0 Å². The molecule has 0 saturated heterocycles. The second kappa shape index (κ2) is 32.5. The van der Waals surface area contributed by atoms with Crippen LogP contribution >= 0.6 is 0 Å². The van der Waals surface area contributed by atoms with Crippen LogP contribution in [0.1, 0.15) is 171 Å². The molecular formula is C60H95N5O15S. The third-order valence-corrected chi connectivity index (χ3v) is 14.7. The molecule has 0 saturated carbocycles. The van der Waals surface area contributed by atoms with Crippen LogP contribution in [0.15, 0.2) is 36.4 Å². The first-order valence-corrected chi connectivity index (χ1v) is 30.5. The van der Waals surface area contributed by atoms with Crippen LogP contribution in [0.25, 0.3) is 11.1 Å². The SMILES string of the molecule is CCCCCCCCCCN(CCS(=O)(=O)C[C@@H](CCNC(=O)OC(C)(C)C)C(=O)N(C)[C@@H]1C(=O)C[C@@H](C)C(=O)N[C@H](C(=O)OC)Cc2ccc(OCCNC(=O)OC(C)(C)C)c(c2)-c2cc1ccc2OCCC)C(=O)OC(C)(C)C. The minimum absolute atomic E-state index is 0.0113. The van der Waals surface area contributed by atoms with Crippen molar-refractivity contribution in [2.24, 2.45) is 11.8 Å². The average molecular weight is 1160 g/mol. The zero-order chi connectivity index (χ0) is 60.7. The van der Waals surface area contributed by atoms with Gasteiger partial charge < -0.3 is 54.2 Å². The van der Waals surface area contributed by atoms with Crippen molar-refractivity contribution >= 4 is 51.7 Å². The fourth-order valence-corrected chi connectivity index (χ4v) is 10.6. The Hall–Kier alpha value is -6.12. The maximum absolute atomic E-state index is 15.3. The molecule has 0 aromatic heterocycles. The summed E-state index contributed by atoms with van der Waals surface area (Å²) in [5, 5.41) is 8.06. The Labute approximate surface area is 482 Å². The molecule has 0 aliphatic carbocycles. The van der Waals surface area contributed by atoms with Crippen molar-refractivity contribution in [3.63, 3.8) is 0 Å². The van der Waals surface area contributed by atoms with Crippen LogP contribution in [-0.2, 0) is 54.4 Å². The summed E-state index contributed by atoms with van der Waals surface area (Å²) in [6, 6.07) is 7.53. The third kappa shape index (κ3) is 25.3. The number of Topliss-reactive ketones (excluding diaryl/α,β-unsaturated/α-hetero) is 1. The number of ether oxygens (including phenoxy) is 6. The van der Waals surface area contributed by atoms with E-state index < -0.39 is 110 Å². The maximum atomic E-state index is 15.3. The Morgan fingerprint density at radius 1 is 0.704 bits per heavy atom. The number of esters is 1. The van der Waals surface area contributed by atoms with Crippen LogP contribution in [0.3, 0.4) is 0 Å². The molecule has 456 valence electrons. The number of nitrogens with zero attached hydrogens (tertiary/aromatic N) is 2. The van der Waals surface area contributed by atoms with Gasteiger partial charge in [-0.15, -0.1) is 0 Å². The van der Waals surface area contributed by atoms with E-state index in [9.17, 15) is 32.4 Å². The van der Waals surface area contributed by atoms with Crippen LogP contribution in [0, 0.1) is 11.8 Å². The standard InChI is InChI=1S/C60H95N5O15S/c1-15-17-18-19-20-21-22-23-31-65(57(72)80-60(10,11)12)32-35-81(73,74)40-44(28-29-61-55(70)78-58(4,5)6)53(68)64(13)51-43-25-27-50(76-33-16-2)46(39-43)45-37-42(24-26-49(45)77-34-30-62-56(71)79-59(7,8)9)38-47(54(69)75-14)63-52(67)41(3)36-48(51)66/h24-27,37,39,41,44,47,51H,15-23,28-36,38,40H2,1-14H3,(H,61,70)(H,62,71)(H,63,67)/t41-,44-,47+,51+/m1/s1. The number of unbranched alkanes of at least 4 members (excludes halogenated alkanes) is 7. The van der Waals surface area contributed by atoms with Crippen LogP contribution in [-0.4, -0.2) is 148 Å². The summed E-state index contributed by atoms with van der Waals surface area (Å²) in [6.45, 7) is 21.3. The molecule has 4 bridgehead atoms. The van der Waals surface area contributed by atoms with E-state index in [1.807, 2.05) is 6.92 Å². The normalized spacial score (nSPS) is 16.4. The van der Waals surface area contributed by atoms with Crippen LogP contribution in [0.4, 0.5) is 14.4 Å². The van der Waals surface area contributed by atoms with Crippen LogP contribution < -0.4 is 25.4 Å². The minimum Gasteiger partial charge on any atom is -0.493 e. The number of carbonyl (C=O) groups is 7. The Balaban J connectivity index is 2.19. The second-order valence-corrected chi connectivity index (χ2v) is 26.1. The predicted octanol–water partition coefficient (Wildman–Crippen LogP) is 9.68. The molecule has 4 atom stereocenters. The molecular weight excluding hydrogens is 1060 g/mol. The molecule has 3 rings (SSSR count). The summed E-state index contributed by atoms with van der Waals surface area (Å²) >= 11 is 0. The van der Waals surface area contributed by atoms with Crippen molar-refractivity contribution in [3.05, 3.63) is 47.5 Å². The van der Waals surface area contributed by atoms with E-state index in [0.717, 1.165) is 38.5 Å². The summed E-state index contributed by atoms with van der Waals surface area (Å²) in [7, 11) is -1.59. The Bertz CT molecular complexity index is 2520. The lowest BCUT2D eigenvalue weighted by Crippen LogP contribution is -2.46. The Kier molecular flexibility index (Phi) is 27.7. The molecule has 81 heavy (non-hydrogen) atoms. The van der Waals surface area contributed by atoms with E-state index in [4.69, 9.17) is 28.4 Å². The van der Waals surface area contributed by atoms with E-state index in [1.165, 1.54) is 37.3 Å². The molecule has 20 nitrogen and oxygen atoms in total. The van der Waals surface area contributed by atoms with Gasteiger partial charge in [0.25, 0.3) is 0 Å². The number of hydrogen-bond donors (Lipinski definition) is 3. The summed E-state index contributed by atoms with van der Waals surface area (Å²) in [6.07, 6.45) is 6.05. The lowest BCUT2D eigenvalue weighted by Gasteiger charge is -2.32. The molecule has 5 amide bonds. The highest BCUT2D eigenvalue weighted by Gasteiger charge is 2.38. The van der Waals surface area contributed by atoms with E-state index in [0.29, 0.717) is 47.6 Å². The fourth-order valence-electron chi connectivity index (χ4n) is 9.00. The first-order valence-electron chi connectivity index (χ1n) is 28.7. The van der Waals surface area contributed by atoms with Gasteiger partial charge >= 0.3 is 24.2 Å². The van der Waals surface area contributed by atoms with Crippen molar-refractivity contribution in [1.82, 2.24) is 25.8 Å². The summed E-state index contributed by atoms with van der Waals surface area (Å²) in [5.41, 5.74) is -0.691. The maximum Gasteiger partial charge on any atom is 0.410 e. The highest BCUT2D eigenvalue weighted by molar-refractivity contribution is 7.91. The zero-order valence-corrected chi connectivity index (χ0v) is 51.7. The molecule has 0 spiro atoms. The molecule has 3 N–H and O–H groups in total. The quantitative estimate of drug-likeness (QED) is 0.0428. The molecule has 0 unspecified atom stereocenters. The monoisotopic (exact) mass is 1160 g/mol. The van der Waals surface area contributed by atoms with Gasteiger partial charge in [-0.25, -0.2) is 27.6 Å². The van der Waals surface area contributed by atoms with Crippen LogP contribution in [0.5, 0.6) is 11.5 Å². The van der Waals surface area contributed by atoms with Gasteiger partial charge in [-0.05, 0) is 117 Å². The van der Waals surface area contributed by atoms with E-state index >= 15 is 9.59 Å². The topological polar surface area (TPSA) is 252 Å². The highest BCUT2D eigenvalue weighted by atomic mass is 32.2. The van der Waals surface area contributed by atoms with E-state index in [1.54, 1.807) is 98.7 Å². The third-order valence-electron chi connectivity index (χ3n) is 13.0. The zero-order valence-electron chi connectivity index (χ0n) is 50.8. The van der Waals surface area contributed by atoms with Gasteiger partial charge in [-0.3, -0.25) is 14.4 Å². The fraction of sp³-hybridized carbons (Fsp3) is 0.683. The number of ketones is 1. The number of fused-ring (bicyclic) bond motifs is 5. The number of nitrogens with one attached hydrogen (secondary N) is 3. The molecule has 1 heterocycles. The van der Waals surface area contributed by atoms with E-state index in [-0.39, 0.29) is 51.2 Å². The van der Waals surface area contributed by atoms with Crippen molar-refractivity contribution in [3.8, 4) is 22.6 Å². The number of hydrogen-bond acceptors (Lipinski definition) is 15. The number of carbonyl (C=O) groups excluding carboxylic acids is 7. The van der Waals surface area contributed by atoms with Crippen LogP contribution in [0.2, 0.25) is 0 Å². The van der Waals surface area contributed by atoms with Gasteiger partial charge in [0.05, 0.1) is 37.7 Å². The van der Waals surface area contributed by atoms with Gasteiger partial charge in [0, 0.05) is 56.6 Å². The molecule has 0 fully saturated rings. The molecule has 0 radical (unpaired) electrons. The summed E-state index contributed by atoms with van der Waals surface area (Å²) < 4.78 is 63.1.